The van der Waals surface area contributed by atoms with Gasteiger partial charge in [-0.25, -0.2) is 9.18 Å². The maximum absolute atomic E-state index is 13.2. The lowest BCUT2D eigenvalue weighted by Crippen LogP contribution is -2.41. The average Bonchev–Trinajstić information content (AvgIpc) is 3.82. The zero-order chi connectivity index (χ0) is 38.9. The van der Waals surface area contributed by atoms with Crippen LogP contribution in [-0.4, -0.2) is 75.5 Å². The maximum atomic E-state index is 13.2. The van der Waals surface area contributed by atoms with Crippen molar-refractivity contribution in [3.05, 3.63) is 111 Å². The Morgan fingerprint density at radius 3 is 2.50 bits per heavy atom. The van der Waals surface area contributed by atoms with Gasteiger partial charge in [0, 0.05) is 36.7 Å². The number of hydrogen-bond donors (Lipinski definition) is 7. The number of aryl methyl sites for hydroxylation is 2. The summed E-state index contributed by atoms with van der Waals surface area (Å²) in [5, 5.41) is 24.1. The standard InChI is InChI=1S/C20H21N5O6.C19H20FNO3.ClH/c21-20-24-16-15(18(29)25-20)12(9-22-16)6-3-10-1-4-11(5-2-10)17(28)23-13(19(30)31)7-8-14(26)27;20-15-3-1-13(2-4-15)17-7-8-21-10-14(17)11-22-16-5-6-18-19(9-16)24-12-23-18;/h1-2,4-5,9,13H,3,6-8H2,(H,23,28)(H,26,27)(H,30,31)(H4,21,22,24,25,29);1-6,9,14,17,21H,7-8,10-12H2;1H/t13-;14-,17-;/m00./s1. The van der Waals surface area contributed by atoms with Crippen molar-refractivity contribution in [3.63, 3.8) is 0 Å². The molecular weight excluding hydrogens is 751 g/mol. The van der Waals surface area contributed by atoms with Gasteiger partial charge in [0.1, 0.15) is 23.3 Å². The Morgan fingerprint density at radius 1 is 1.02 bits per heavy atom. The number of piperidine rings is 1. The summed E-state index contributed by atoms with van der Waals surface area (Å²) in [6.45, 7) is 2.74. The number of aromatic nitrogens is 3. The Balaban J connectivity index is 0.000000216. The summed E-state index contributed by atoms with van der Waals surface area (Å²) in [4.78, 5) is 55.7. The molecule has 2 aliphatic heterocycles. The van der Waals surface area contributed by atoms with Crippen LogP contribution in [0.2, 0.25) is 0 Å². The quantitative estimate of drug-likeness (QED) is 0.0879. The Kier molecular flexibility index (Phi) is 13.9. The van der Waals surface area contributed by atoms with Crippen molar-refractivity contribution in [2.45, 2.75) is 44.1 Å². The zero-order valence-electron chi connectivity index (χ0n) is 30.1. The van der Waals surface area contributed by atoms with Crippen LogP contribution in [0.4, 0.5) is 10.3 Å². The molecule has 1 fully saturated rings. The third-order valence-corrected chi connectivity index (χ3v) is 9.51. The molecule has 0 radical (unpaired) electrons. The van der Waals surface area contributed by atoms with E-state index in [2.05, 4.69) is 25.6 Å². The van der Waals surface area contributed by atoms with E-state index in [-0.39, 0.29) is 49.4 Å². The number of nitrogens with two attached hydrogens (primary N) is 1. The van der Waals surface area contributed by atoms with Crippen molar-refractivity contribution in [2.24, 2.45) is 5.92 Å². The number of rotatable bonds is 13. The summed E-state index contributed by atoms with van der Waals surface area (Å²) in [6, 6.07) is 17.8. The van der Waals surface area contributed by atoms with E-state index in [1.165, 1.54) is 17.7 Å². The van der Waals surface area contributed by atoms with Crippen LogP contribution < -0.4 is 36.1 Å². The second-order valence-electron chi connectivity index (χ2n) is 13.2. The number of nitrogen functional groups attached to an aromatic ring is 1. The highest BCUT2D eigenvalue weighted by Gasteiger charge is 2.27. The highest BCUT2D eigenvalue weighted by atomic mass is 35.5. The lowest BCUT2D eigenvalue weighted by Gasteiger charge is -2.32. The van der Waals surface area contributed by atoms with Gasteiger partial charge in [-0.15, -0.1) is 12.4 Å². The van der Waals surface area contributed by atoms with Crippen molar-refractivity contribution in [3.8, 4) is 17.2 Å². The van der Waals surface area contributed by atoms with Crippen LogP contribution in [0.25, 0.3) is 11.0 Å². The number of aromatic amines is 2. The van der Waals surface area contributed by atoms with Crippen molar-refractivity contribution in [1.29, 1.82) is 0 Å². The van der Waals surface area contributed by atoms with Gasteiger partial charge in [-0.2, -0.15) is 4.98 Å². The minimum atomic E-state index is -1.30. The monoisotopic (exact) mass is 792 g/mol. The number of fused-ring (bicyclic) bond motifs is 2. The van der Waals surface area contributed by atoms with Gasteiger partial charge in [0.15, 0.2) is 11.5 Å². The summed E-state index contributed by atoms with van der Waals surface area (Å²) in [5.74, 6) is -0.212. The van der Waals surface area contributed by atoms with E-state index in [0.717, 1.165) is 47.9 Å². The predicted octanol–water partition coefficient (Wildman–Crippen LogP) is 4.41. The van der Waals surface area contributed by atoms with Crippen molar-refractivity contribution >= 4 is 47.2 Å². The number of carboxylic acid groups (broad SMARTS) is 2. The number of aliphatic carboxylic acids is 2. The molecule has 4 heterocycles. The number of nitrogens with zero attached hydrogens (tertiary/aromatic N) is 1. The molecule has 56 heavy (non-hydrogen) atoms. The number of nitrogens with one attached hydrogen (secondary N) is 4. The number of carboxylic acids is 2. The number of hydrogen-bond acceptors (Lipinski definition) is 10. The van der Waals surface area contributed by atoms with Crippen LogP contribution >= 0.6 is 12.4 Å². The van der Waals surface area contributed by atoms with Crippen LogP contribution in [0.3, 0.4) is 0 Å². The van der Waals surface area contributed by atoms with E-state index in [1.807, 2.05) is 30.3 Å². The Morgan fingerprint density at radius 2 is 1.77 bits per heavy atom. The molecule has 0 spiro atoms. The van der Waals surface area contributed by atoms with Gasteiger partial charge in [0.2, 0.25) is 12.7 Å². The lowest BCUT2D eigenvalue weighted by atomic mass is 9.81. The van der Waals surface area contributed by atoms with Crippen molar-refractivity contribution < 1.29 is 43.2 Å². The number of amides is 1. The van der Waals surface area contributed by atoms with Crippen LogP contribution in [0, 0.1) is 11.7 Å². The molecule has 1 amide bonds. The second-order valence-corrected chi connectivity index (χ2v) is 13.2. The minimum absolute atomic E-state index is 0. The first-order valence-electron chi connectivity index (χ1n) is 17.7. The molecule has 2 aromatic heterocycles. The van der Waals surface area contributed by atoms with Gasteiger partial charge >= 0.3 is 11.9 Å². The maximum Gasteiger partial charge on any atom is 0.326 e. The van der Waals surface area contributed by atoms with Crippen LogP contribution in [0.5, 0.6) is 17.2 Å². The first-order chi connectivity index (χ1) is 26.5. The third-order valence-electron chi connectivity index (χ3n) is 9.51. The summed E-state index contributed by atoms with van der Waals surface area (Å²) in [6.07, 6.45) is 3.31. The summed E-state index contributed by atoms with van der Waals surface area (Å²) in [7, 11) is 0. The highest BCUT2D eigenvalue weighted by molar-refractivity contribution is 5.96. The lowest BCUT2D eigenvalue weighted by molar-refractivity contribution is -0.140. The second kappa shape index (κ2) is 19.0. The van der Waals surface area contributed by atoms with Gasteiger partial charge in [-0.05, 0) is 91.2 Å². The summed E-state index contributed by atoms with van der Waals surface area (Å²) < 4.78 is 29.9. The molecule has 0 aliphatic carbocycles. The Bertz CT molecular complexity index is 2200. The molecule has 0 bridgehead atoms. The fraction of sp³-hybridized carbons (Fsp3) is 0.308. The van der Waals surface area contributed by atoms with Crippen molar-refractivity contribution in [2.75, 3.05) is 32.2 Å². The molecule has 1 saturated heterocycles. The summed E-state index contributed by atoms with van der Waals surface area (Å²) in [5.41, 5.74) is 8.76. The molecule has 2 aliphatic rings. The molecular formula is C39H42ClFN6O9. The van der Waals surface area contributed by atoms with E-state index in [4.69, 9.17) is 30.2 Å². The molecule has 7 rings (SSSR count). The van der Waals surface area contributed by atoms with E-state index >= 15 is 0 Å². The Hall–Kier alpha value is -6.13. The fourth-order valence-electron chi connectivity index (χ4n) is 6.61. The molecule has 17 heteroatoms. The molecule has 296 valence electrons. The molecule has 3 atom stereocenters. The Labute approximate surface area is 326 Å². The normalized spacial score (nSPS) is 16.2. The first-order valence-corrected chi connectivity index (χ1v) is 17.7. The number of carbonyl (C=O) groups is 3. The molecule has 8 N–H and O–H groups in total. The molecule has 5 aromatic rings. The smallest absolute Gasteiger partial charge is 0.326 e. The SMILES string of the molecule is Cl.Fc1ccc([C@@H]2CCNC[C@H]2COc2ccc3c(c2)OCO3)cc1.Nc1nc(=O)c2c(CCc3ccc(C(=O)N[C@@H](CCC(=O)O)C(=O)O)cc3)c[nH]c2[nH]1. The average molecular weight is 793 g/mol. The number of benzene rings is 3. The number of H-pyrrole nitrogens is 2. The van der Waals surface area contributed by atoms with Crippen molar-refractivity contribution in [1.82, 2.24) is 25.6 Å². The molecule has 3 aromatic carbocycles. The van der Waals surface area contributed by atoms with Gasteiger partial charge in [-0.3, -0.25) is 14.4 Å². The molecule has 0 saturated carbocycles. The summed E-state index contributed by atoms with van der Waals surface area (Å²) >= 11 is 0. The molecule has 0 unspecified atom stereocenters. The highest BCUT2D eigenvalue weighted by Crippen LogP contribution is 2.36. The molecule has 15 nitrogen and oxygen atoms in total. The zero-order valence-corrected chi connectivity index (χ0v) is 30.9. The number of ether oxygens (including phenoxy) is 3. The number of carbonyl (C=O) groups excluding carboxylic acids is 1. The van der Waals surface area contributed by atoms with E-state index in [0.29, 0.717) is 42.3 Å². The van der Waals surface area contributed by atoms with E-state index in [1.54, 1.807) is 30.5 Å². The third kappa shape index (κ3) is 10.5. The topological polar surface area (TPSA) is 231 Å². The van der Waals surface area contributed by atoms with Crippen LogP contribution in [0.15, 0.2) is 77.7 Å². The van der Waals surface area contributed by atoms with Gasteiger partial charge < -0.3 is 50.8 Å². The number of halogens is 2. The predicted molar refractivity (Wildman–Crippen MR) is 206 cm³/mol. The van der Waals surface area contributed by atoms with Gasteiger partial charge in [0.25, 0.3) is 11.5 Å². The van der Waals surface area contributed by atoms with E-state index < -0.39 is 29.4 Å². The van der Waals surface area contributed by atoms with Crippen LogP contribution in [0.1, 0.15) is 52.2 Å². The largest absolute Gasteiger partial charge is 0.493 e. The van der Waals surface area contributed by atoms with E-state index in [9.17, 15) is 23.6 Å². The van der Waals surface area contributed by atoms with Crippen LogP contribution in [-0.2, 0) is 22.4 Å². The number of anilines is 1. The fourth-order valence-corrected chi connectivity index (χ4v) is 6.61. The minimum Gasteiger partial charge on any atom is -0.493 e. The first kappa shape index (κ1) is 41.0. The van der Waals surface area contributed by atoms with Gasteiger partial charge in [0.05, 0.1) is 12.0 Å². The van der Waals surface area contributed by atoms with Gasteiger partial charge in [-0.1, -0.05) is 24.3 Å².